The van der Waals surface area contributed by atoms with Crippen LogP contribution in [0.4, 0.5) is 34.1 Å². The molecule has 0 aliphatic carbocycles. The van der Waals surface area contributed by atoms with E-state index in [0.717, 1.165) is 0 Å². The largest absolute Gasteiger partial charge is 0.311 e. The minimum absolute atomic E-state index is 0.0346. The van der Waals surface area contributed by atoms with E-state index in [-0.39, 0.29) is 39.2 Å². The molecule has 0 saturated carbocycles. The van der Waals surface area contributed by atoms with Crippen LogP contribution < -0.4 is 26.2 Å². The topological polar surface area (TPSA) is 6.48 Å². The van der Waals surface area contributed by atoms with Crippen molar-refractivity contribution in [3.05, 3.63) is 173 Å². The molecule has 2 aliphatic heterocycles. The molecule has 2 heterocycles. The van der Waals surface area contributed by atoms with Gasteiger partial charge in [-0.1, -0.05) is 228 Å². The van der Waals surface area contributed by atoms with Crippen molar-refractivity contribution in [2.45, 2.75) is 157 Å². The number of rotatable bonds is 3. The summed E-state index contributed by atoms with van der Waals surface area (Å²) in [4.78, 5) is 5.38. The molecule has 0 spiro atoms. The van der Waals surface area contributed by atoms with E-state index in [0.29, 0.717) is 0 Å². The summed E-state index contributed by atoms with van der Waals surface area (Å²) in [6.07, 6.45) is 0. The predicted octanol–water partition coefficient (Wildman–Crippen LogP) is 17.5. The zero-order chi connectivity index (χ0) is 51.1. The van der Waals surface area contributed by atoms with Gasteiger partial charge in [-0.2, -0.15) is 0 Å². The second-order valence-electron chi connectivity index (χ2n) is 27.3. The standard InChI is InChI=1S/C68H77BN2/c1-63(2,3)46-31-44(32-47(35-46)64(4,5)6)45-33-58-60-59(34-45)71(53-40-50(67(13,14)15)37-51(41-53)68(16,17)18)62-55-26-22-20-24-43(55)28-30-57(62)69(60)56-29-27-42-23-19-21-25-54(42)61(56)70(58)52-38-48(65(7,8)9)36-49(39-52)66(10,11)12/h19-41H,1-18H3. The predicted molar refractivity (Wildman–Crippen MR) is 313 cm³/mol. The lowest BCUT2D eigenvalue weighted by Gasteiger charge is -2.46. The fraction of sp³-hybridized carbons (Fsp3) is 0.353. The molecule has 2 nitrogen and oxygen atoms in total. The summed E-state index contributed by atoms with van der Waals surface area (Å²) in [6.45, 7) is 42.5. The fourth-order valence-electron chi connectivity index (χ4n) is 11.1. The zero-order valence-electron chi connectivity index (χ0n) is 46.3. The highest BCUT2D eigenvalue weighted by atomic mass is 15.2. The van der Waals surface area contributed by atoms with Crippen molar-refractivity contribution >= 4 is 78.8 Å². The zero-order valence-corrected chi connectivity index (χ0v) is 46.3. The van der Waals surface area contributed by atoms with Gasteiger partial charge in [0, 0.05) is 44.9 Å². The van der Waals surface area contributed by atoms with Crippen LogP contribution in [-0.4, -0.2) is 6.71 Å². The molecule has 2 aliphatic rings. The van der Waals surface area contributed by atoms with E-state index in [1.165, 1.54) is 117 Å². The normalized spacial score (nSPS) is 14.3. The van der Waals surface area contributed by atoms with Crippen molar-refractivity contribution < 1.29 is 0 Å². The maximum Gasteiger partial charge on any atom is 0.252 e. The Kier molecular flexibility index (Phi) is 11.1. The second kappa shape index (κ2) is 16.2. The first-order valence-electron chi connectivity index (χ1n) is 26.3. The van der Waals surface area contributed by atoms with Crippen molar-refractivity contribution in [1.82, 2.24) is 0 Å². The highest BCUT2D eigenvalue weighted by molar-refractivity contribution is 7.00. The molecule has 10 rings (SSSR count). The van der Waals surface area contributed by atoms with Crippen LogP contribution in [0.2, 0.25) is 0 Å². The summed E-state index contributed by atoms with van der Waals surface area (Å²) in [5.41, 5.74) is 21.6. The van der Waals surface area contributed by atoms with Gasteiger partial charge in [0.15, 0.2) is 0 Å². The molecular weight excluding hydrogens is 856 g/mol. The molecule has 8 aromatic rings. The number of benzene rings is 8. The first-order valence-corrected chi connectivity index (χ1v) is 26.3. The van der Waals surface area contributed by atoms with E-state index in [2.05, 4.69) is 274 Å². The summed E-state index contributed by atoms with van der Waals surface area (Å²) in [5, 5.41) is 5.03. The third kappa shape index (κ3) is 8.50. The minimum atomic E-state index is -0.0758. The first kappa shape index (κ1) is 48.6. The van der Waals surface area contributed by atoms with Crippen LogP contribution >= 0.6 is 0 Å². The van der Waals surface area contributed by atoms with Crippen LogP contribution in [-0.2, 0) is 32.5 Å². The molecule has 0 atom stereocenters. The van der Waals surface area contributed by atoms with E-state index < -0.39 is 0 Å². The Hall–Kier alpha value is -6.06. The first-order chi connectivity index (χ1) is 33.0. The van der Waals surface area contributed by atoms with E-state index >= 15 is 0 Å². The Bertz CT molecular complexity index is 3150. The van der Waals surface area contributed by atoms with Gasteiger partial charge in [-0.05, 0) is 141 Å². The average molecular weight is 933 g/mol. The van der Waals surface area contributed by atoms with E-state index in [9.17, 15) is 0 Å². The van der Waals surface area contributed by atoms with Gasteiger partial charge in [-0.25, -0.2) is 0 Å². The molecule has 0 aromatic heterocycles. The number of fused-ring (bicyclic) bond motifs is 8. The Labute approximate surface area is 427 Å². The van der Waals surface area contributed by atoms with Crippen molar-refractivity contribution in [2.75, 3.05) is 9.80 Å². The molecule has 3 heteroatoms. The molecule has 0 amide bonds. The Morgan fingerprint density at radius 1 is 0.310 bits per heavy atom. The summed E-state index contributed by atoms with van der Waals surface area (Å²) in [5.74, 6) is 0. The van der Waals surface area contributed by atoms with Crippen molar-refractivity contribution in [3.63, 3.8) is 0 Å². The molecule has 0 saturated heterocycles. The Morgan fingerprint density at radius 3 is 0.930 bits per heavy atom. The lowest BCUT2D eigenvalue weighted by atomic mass is 9.33. The summed E-state index contributed by atoms with van der Waals surface area (Å²) < 4.78 is 0. The van der Waals surface area contributed by atoms with Gasteiger partial charge in [0.25, 0.3) is 6.71 Å². The molecule has 71 heavy (non-hydrogen) atoms. The quantitative estimate of drug-likeness (QED) is 0.163. The lowest BCUT2D eigenvalue weighted by Crippen LogP contribution is -2.61. The molecule has 0 radical (unpaired) electrons. The van der Waals surface area contributed by atoms with E-state index in [1.807, 2.05) is 0 Å². The SMILES string of the molecule is CC(C)(C)c1cc(-c2cc3c4c(c2)N(c2cc(C(C)(C)C)cc(C(C)(C)C)c2)c2c(ccc5ccccc25)B4c2ccc4ccccc4c2N3c2cc(C(C)(C)C)cc(C(C)(C)C)c2)cc(C(C)(C)C)c1. The third-order valence-corrected chi connectivity index (χ3v) is 15.7. The molecule has 362 valence electrons. The third-order valence-electron chi connectivity index (χ3n) is 15.7. The van der Waals surface area contributed by atoms with E-state index in [4.69, 9.17) is 0 Å². The Balaban J connectivity index is 1.44. The highest BCUT2D eigenvalue weighted by Gasteiger charge is 2.45. The van der Waals surface area contributed by atoms with Crippen LogP contribution in [0.15, 0.2) is 140 Å². The maximum absolute atomic E-state index is 2.69. The fourth-order valence-corrected chi connectivity index (χ4v) is 11.1. The summed E-state index contributed by atoms with van der Waals surface area (Å²) >= 11 is 0. The van der Waals surface area contributed by atoms with Crippen LogP contribution in [0.25, 0.3) is 32.7 Å². The van der Waals surface area contributed by atoms with Gasteiger partial charge < -0.3 is 9.80 Å². The van der Waals surface area contributed by atoms with Crippen LogP contribution in [0, 0.1) is 0 Å². The molecular formula is C68H77BN2. The monoisotopic (exact) mass is 933 g/mol. The molecule has 0 bridgehead atoms. The van der Waals surface area contributed by atoms with Gasteiger partial charge >= 0.3 is 0 Å². The Morgan fingerprint density at radius 2 is 0.606 bits per heavy atom. The van der Waals surface area contributed by atoms with Gasteiger partial charge in [-0.15, -0.1) is 0 Å². The number of anilines is 6. The van der Waals surface area contributed by atoms with Crippen LogP contribution in [0.5, 0.6) is 0 Å². The van der Waals surface area contributed by atoms with Crippen molar-refractivity contribution in [1.29, 1.82) is 0 Å². The van der Waals surface area contributed by atoms with Gasteiger partial charge in [0.2, 0.25) is 0 Å². The average Bonchev–Trinajstić information content (AvgIpc) is 3.29. The number of hydrogen-bond acceptors (Lipinski definition) is 2. The molecule has 0 fully saturated rings. The molecule has 0 unspecified atom stereocenters. The molecule has 0 N–H and O–H groups in total. The minimum Gasteiger partial charge on any atom is -0.311 e. The summed E-state index contributed by atoms with van der Waals surface area (Å²) in [6, 6.07) is 55.4. The number of nitrogens with zero attached hydrogens (tertiary/aromatic N) is 2. The summed E-state index contributed by atoms with van der Waals surface area (Å²) in [7, 11) is 0. The molecule has 8 aromatic carbocycles. The highest BCUT2D eigenvalue weighted by Crippen LogP contribution is 2.51. The van der Waals surface area contributed by atoms with Crippen molar-refractivity contribution in [2.24, 2.45) is 0 Å². The van der Waals surface area contributed by atoms with Crippen LogP contribution in [0.1, 0.15) is 158 Å². The smallest absolute Gasteiger partial charge is 0.252 e. The maximum atomic E-state index is 2.69. The van der Waals surface area contributed by atoms with Gasteiger partial charge in [0.1, 0.15) is 0 Å². The van der Waals surface area contributed by atoms with E-state index in [1.54, 1.807) is 0 Å². The van der Waals surface area contributed by atoms with Gasteiger partial charge in [0.05, 0.1) is 0 Å². The van der Waals surface area contributed by atoms with Crippen molar-refractivity contribution in [3.8, 4) is 11.1 Å². The number of hydrogen-bond donors (Lipinski definition) is 0. The van der Waals surface area contributed by atoms with Gasteiger partial charge in [-0.3, -0.25) is 0 Å². The second-order valence-corrected chi connectivity index (χ2v) is 27.3. The van der Waals surface area contributed by atoms with Crippen LogP contribution in [0.3, 0.4) is 0 Å². The lowest BCUT2D eigenvalue weighted by molar-refractivity contribution is 0.568.